The van der Waals surface area contributed by atoms with Crippen LogP contribution in [-0.4, -0.2) is 46.7 Å². The maximum absolute atomic E-state index is 10.8. The summed E-state index contributed by atoms with van der Waals surface area (Å²) >= 11 is 0. The second-order valence-electron chi connectivity index (χ2n) is 3.64. The molecule has 0 aliphatic rings. The van der Waals surface area contributed by atoms with Gasteiger partial charge < -0.3 is 10.2 Å². The Bertz CT molecular complexity index is 217. The summed E-state index contributed by atoms with van der Waals surface area (Å²) in [6.07, 6.45) is 2.64. The Morgan fingerprint density at radius 1 is 1.27 bits per heavy atom. The number of hydrogen-bond donors (Lipinski definition) is 2. The average molecular weight is 217 g/mol. The smallest absolute Gasteiger partial charge is 0.321 e. The van der Waals surface area contributed by atoms with Crippen LogP contribution in [0.4, 0.5) is 0 Å². The van der Waals surface area contributed by atoms with Crippen molar-refractivity contribution in [3.05, 3.63) is 0 Å². The molecule has 0 heterocycles. The molecule has 0 aromatic rings. The molecule has 0 aliphatic carbocycles. The van der Waals surface area contributed by atoms with Crippen LogP contribution in [0.2, 0.25) is 0 Å². The topological polar surface area (TPSA) is 77.8 Å². The van der Waals surface area contributed by atoms with E-state index in [0.717, 1.165) is 19.3 Å². The highest BCUT2D eigenvalue weighted by atomic mass is 16.4. The van der Waals surface area contributed by atoms with Gasteiger partial charge in [0.25, 0.3) is 0 Å². The third kappa shape index (κ3) is 6.06. The van der Waals surface area contributed by atoms with Crippen LogP contribution in [-0.2, 0) is 9.59 Å². The Hall–Kier alpha value is -1.10. The SMILES string of the molecule is CCCCCN(C)C(CC(=O)O)C(=O)O. The second-order valence-corrected chi connectivity index (χ2v) is 3.64. The minimum absolute atomic E-state index is 0.349. The Kier molecular flexibility index (Phi) is 6.70. The fourth-order valence-corrected chi connectivity index (χ4v) is 1.36. The van der Waals surface area contributed by atoms with E-state index < -0.39 is 18.0 Å². The molecule has 0 saturated heterocycles. The standard InChI is InChI=1S/C10H19NO4/c1-3-4-5-6-11(2)8(10(14)15)7-9(12)13/h8H,3-7H2,1-2H3,(H,12,13)(H,14,15). The zero-order valence-corrected chi connectivity index (χ0v) is 9.27. The van der Waals surface area contributed by atoms with Crippen molar-refractivity contribution in [3.8, 4) is 0 Å². The lowest BCUT2D eigenvalue weighted by molar-refractivity contribution is -0.149. The molecule has 0 aromatic heterocycles. The van der Waals surface area contributed by atoms with E-state index in [0.29, 0.717) is 6.54 Å². The maximum Gasteiger partial charge on any atom is 0.321 e. The van der Waals surface area contributed by atoms with Gasteiger partial charge in [-0.3, -0.25) is 14.5 Å². The molecule has 5 nitrogen and oxygen atoms in total. The van der Waals surface area contributed by atoms with Crippen molar-refractivity contribution >= 4 is 11.9 Å². The molecule has 0 bridgehead atoms. The fourth-order valence-electron chi connectivity index (χ4n) is 1.36. The summed E-state index contributed by atoms with van der Waals surface area (Å²) in [5.74, 6) is -2.15. The van der Waals surface area contributed by atoms with Crippen molar-refractivity contribution in [2.45, 2.75) is 38.6 Å². The first-order valence-electron chi connectivity index (χ1n) is 5.13. The van der Waals surface area contributed by atoms with Crippen molar-refractivity contribution < 1.29 is 19.8 Å². The Balaban J connectivity index is 4.10. The number of rotatable bonds is 8. The molecule has 1 atom stereocenters. The largest absolute Gasteiger partial charge is 0.481 e. The summed E-state index contributed by atoms with van der Waals surface area (Å²) in [7, 11) is 1.65. The maximum atomic E-state index is 10.8. The van der Waals surface area contributed by atoms with Gasteiger partial charge in [-0.15, -0.1) is 0 Å². The average Bonchev–Trinajstić information content (AvgIpc) is 2.13. The Morgan fingerprint density at radius 3 is 2.27 bits per heavy atom. The minimum Gasteiger partial charge on any atom is -0.481 e. The molecule has 0 rings (SSSR count). The van der Waals surface area contributed by atoms with Gasteiger partial charge in [-0.05, 0) is 20.0 Å². The molecule has 0 radical (unpaired) electrons. The first-order valence-corrected chi connectivity index (χ1v) is 5.13. The molecular weight excluding hydrogens is 198 g/mol. The van der Waals surface area contributed by atoms with Gasteiger partial charge in [0, 0.05) is 0 Å². The summed E-state index contributed by atoms with van der Waals surface area (Å²) in [5, 5.41) is 17.4. The summed E-state index contributed by atoms with van der Waals surface area (Å²) in [6, 6.07) is -0.917. The van der Waals surface area contributed by atoms with Crippen molar-refractivity contribution in [2.24, 2.45) is 0 Å². The van der Waals surface area contributed by atoms with E-state index in [9.17, 15) is 9.59 Å². The predicted molar refractivity (Wildman–Crippen MR) is 55.8 cm³/mol. The quantitative estimate of drug-likeness (QED) is 0.594. The Morgan fingerprint density at radius 2 is 1.87 bits per heavy atom. The highest BCUT2D eigenvalue weighted by Gasteiger charge is 2.24. The number of nitrogens with zero attached hydrogens (tertiary/aromatic N) is 1. The zero-order valence-electron chi connectivity index (χ0n) is 9.27. The van der Waals surface area contributed by atoms with Gasteiger partial charge in [-0.2, -0.15) is 0 Å². The molecule has 1 unspecified atom stereocenters. The number of hydrogen-bond acceptors (Lipinski definition) is 3. The number of aliphatic carboxylic acids is 2. The molecule has 0 spiro atoms. The van der Waals surface area contributed by atoms with Gasteiger partial charge in [0.2, 0.25) is 0 Å². The van der Waals surface area contributed by atoms with Gasteiger partial charge in [-0.1, -0.05) is 19.8 Å². The van der Waals surface area contributed by atoms with E-state index in [4.69, 9.17) is 10.2 Å². The highest BCUT2D eigenvalue weighted by Crippen LogP contribution is 2.05. The van der Waals surface area contributed by atoms with Crippen LogP contribution < -0.4 is 0 Å². The van der Waals surface area contributed by atoms with Crippen LogP contribution in [0.25, 0.3) is 0 Å². The van der Waals surface area contributed by atoms with Crippen LogP contribution in [0.5, 0.6) is 0 Å². The summed E-state index contributed by atoms with van der Waals surface area (Å²) < 4.78 is 0. The molecule has 0 aliphatic heterocycles. The first kappa shape index (κ1) is 13.9. The monoisotopic (exact) mass is 217 g/mol. The lowest BCUT2D eigenvalue weighted by Gasteiger charge is -2.22. The van der Waals surface area contributed by atoms with Gasteiger partial charge >= 0.3 is 11.9 Å². The van der Waals surface area contributed by atoms with Gasteiger partial charge in [0.1, 0.15) is 6.04 Å². The van der Waals surface area contributed by atoms with E-state index in [1.54, 1.807) is 11.9 Å². The summed E-state index contributed by atoms with van der Waals surface area (Å²) in [5.41, 5.74) is 0. The van der Waals surface area contributed by atoms with Gasteiger partial charge in [0.15, 0.2) is 0 Å². The normalized spacial score (nSPS) is 12.7. The molecule has 88 valence electrons. The summed E-state index contributed by atoms with van der Waals surface area (Å²) in [4.78, 5) is 22.9. The third-order valence-electron chi connectivity index (χ3n) is 2.30. The zero-order chi connectivity index (χ0) is 11.8. The van der Waals surface area contributed by atoms with E-state index in [1.807, 2.05) is 0 Å². The predicted octanol–water partition coefficient (Wildman–Crippen LogP) is 1.04. The van der Waals surface area contributed by atoms with Crippen molar-refractivity contribution in [2.75, 3.05) is 13.6 Å². The van der Waals surface area contributed by atoms with E-state index in [1.165, 1.54) is 0 Å². The molecule has 0 saturated carbocycles. The number of carbonyl (C=O) groups is 2. The lowest BCUT2D eigenvalue weighted by atomic mass is 10.1. The second kappa shape index (κ2) is 7.23. The van der Waals surface area contributed by atoms with E-state index in [-0.39, 0.29) is 6.42 Å². The van der Waals surface area contributed by atoms with Crippen LogP contribution in [0, 0.1) is 0 Å². The van der Waals surface area contributed by atoms with E-state index >= 15 is 0 Å². The van der Waals surface area contributed by atoms with Crippen LogP contribution in [0.3, 0.4) is 0 Å². The third-order valence-corrected chi connectivity index (χ3v) is 2.30. The molecule has 15 heavy (non-hydrogen) atoms. The highest BCUT2D eigenvalue weighted by molar-refractivity contribution is 5.80. The number of carboxylic acid groups (broad SMARTS) is 2. The molecule has 0 aromatic carbocycles. The fraction of sp³-hybridized carbons (Fsp3) is 0.800. The lowest BCUT2D eigenvalue weighted by Crippen LogP contribution is -2.40. The van der Waals surface area contributed by atoms with Crippen molar-refractivity contribution in [3.63, 3.8) is 0 Å². The van der Waals surface area contributed by atoms with Crippen LogP contribution in [0.15, 0.2) is 0 Å². The van der Waals surface area contributed by atoms with E-state index in [2.05, 4.69) is 6.92 Å². The Labute approximate surface area is 89.7 Å². The molecule has 5 heteroatoms. The first-order chi connectivity index (χ1) is 6.99. The number of likely N-dealkylation sites (N-methyl/N-ethyl adjacent to an activating group) is 1. The number of carboxylic acids is 2. The van der Waals surface area contributed by atoms with Crippen molar-refractivity contribution in [1.29, 1.82) is 0 Å². The number of unbranched alkanes of at least 4 members (excludes halogenated alkanes) is 2. The summed E-state index contributed by atoms with van der Waals surface area (Å²) in [6.45, 7) is 2.68. The van der Waals surface area contributed by atoms with Crippen LogP contribution >= 0.6 is 0 Å². The van der Waals surface area contributed by atoms with Crippen LogP contribution in [0.1, 0.15) is 32.6 Å². The molecule has 2 N–H and O–H groups in total. The van der Waals surface area contributed by atoms with Gasteiger partial charge in [-0.25, -0.2) is 0 Å². The van der Waals surface area contributed by atoms with Gasteiger partial charge in [0.05, 0.1) is 6.42 Å². The molecule has 0 amide bonds. The molecular formula is C10H19NO4. The van der Waals surface area contributed by atoms with Crippen molar-refractivity contribution in [1.82, 2.24) is 4.90 Å². The molecule has 0 fully saturated rings. The minimum atomic E-state index is -1.08.